The third kappa shape index (κ3) is 8.88. The first-order valence-electron chi connectivity index (χ1n) is 28.9. The second kappa shape index (κ2) is 20.5. The van der Waals surface area contributed by atoms with Gasteiger partial charge in [0.1, 0.15) is 11.6 Å². The van der Waals surface area contributed by atoms with Crippen molar-refractivity contribution in [1.82, 2.24) is 44.4 Å². The molecule has 1 saturated carbocycles. The number of carbonyl (C=O) groups is 7. The van der Waals surface area contributed by atoms with Crippen LogP contribution in [-0.2, 0) is 29.4 Å². The number of nitrogens with one attached hydrogen (secondary N) is 2. The molecule has 1 spiro atoms. The summed E-state index contributed by atoms with van der Waals surface area (Å²) in [5.41, 5.74) is 5.52. The van der Waals surface area contributed by atoms with E-state index in [1.165, 1.54) is 31.7 Å². The monoisotopic (exact) mass is 1090 g/mol. The molecule has 1 aliphatic carbocycles. The molecule has 0 unspecified atom stereocenters. The van der Waals surface area contributed by atoms with E-state index in [0.29, 0.717) is 101 Å². The Kier molecular flexibility index (Phi) is 13.3. The molecule has 7 aliphatic heterocycles. The Morgan fingerprint density at radius 3 is 2.15 bits per heavy atom. The van der Waals surface area contributed by atoms with E-state index < -0.39 is 40.9 Å². The fourth-order valence-electron chi connectivity index (χ4n) is 14.3. The van der Waals surface area contributed by atoms with Crippen molar-refractivity contribution in [3.05, 3.63) is 89.8 Å². The van der Waals surface area contributed by atoms with Crippen LogP contribution in [0.15, 0.2) is 67.3 Å². The summed E-state index contributed by atoms with van der Waals surface area (Å²) in [4.78, 5) is 120. The van der Waals surface area contributed by atoms with Crippen LogP contribution in [0.25, 0.3) is 22.3 Å². The van der Waals surface area contributed by atoms with E-state index in [0.717, 1.165) is 58.8 Å². The van der Waals surface area contributed by atoms with Gasteiger partial charge in [-0.1, -0.05) is 18.6 Å². The van der Waals surface area contributed by atoms with E-state index >= 15 is 9.18 Å². The van der Waals surface area contributed by atoms with Crippen molar-refractivity contribution in [1.29, 1.82) is 0 Å². The fraction of sp³-hybridized carbons (Fsp3) is 0.500. The summed E-state index contributed by atoms with van der Waals surface area (Å²) in [5, 5.41) is 5.47. The molecule has 3 aromatic heterocycles. The predicted molar refractivity (Wildman–Crippen MR) is 295 cm³/mol. The molecule has 1 atom stereocenters. The molecular weight excluding hydrogens is 1020 g/mol. The number of hydrogen-bond donors (Lipinski definition) is 2. The number of piperidine rings is 5. The molecule has 0 bridgehead atoms. The number of pyridine rings is 2. The highest BCUT2D eigenvalue weighted by atomic mass is 19.1. The molecule has 7 amide bonds. The van der Waals surface area contributed by atoms with Gasteiger partial charge in [0.05, 0.1) is 46.0 Å². The zero-order valence-corrected chi connectivity index (χ0v) is 45.4. The molecule has 80 heavy (non-hydrogen) atoms. The summed E-state index contributed by atoms with van der Waals surface area (Å²) < 4.78 is 17.1. The summed E-state index contributed by atoms with van der Waals surface area (Å²) in [5.74, 6) is -2.29. The minimum Gasteiger partial charge on any atom is -0.371 e. The minimum atomic E-state index is -1.03. The second-order valence-corrected chi connectivity index (χ2v) is 23.7. The molecule has 6 fully saturated rings. The van der Waals surface area contributed by atoms with Crippen LogP contribution in [0.1, 0.15) is 130 Å². The van der Waals surface area contributed by atoms with Crippen LogP contribution in [0.2, 0.25) is 0 Å². The number of nitrogens with zero attached hydrogens (tertiary/aromatic N) is 10. The number of aromatic nitrogens is 4. The normalized spacial score (nSPS) is 23.8. The smallest absolute Gasteiger partial charge is 0.262 e. The summed E-state index contributed by atoms with van der Waals surface area (Å²) in [6.45, 7) is 9.41. The number of benzene rings is 2. The van der Waals surface area contributed by atoms with Crippen LogP contribution >= 0.6 is 0 Å². The van der Waals surface area contributed by atoms with Gasteiger partial charge in [-0.3, -0.25) is 48.8 Å². The van der Waals surface area contributed by atoms with E-state index in [9.17, 15) is 28.8 Å². The number of carbonyl (C=O) groups excluding carboxylic acids is 7. The molecule has 10 heterocycles. The van der Waals surface area contributed by atoms with Gasteiger partial charge < -0.3 is 34.4 Å². The van der Waals surface area contributed by atoms with E-state index in [2.05, 4.69) is 56.3 Å². The van der Waals surface area contributed by atoms with Crippen LogP contribution in [-0.4, -0.2) is 151 Å². The lowest BCUT2D eigenvalue weighted by Crippen LogP contribution is -2.58. The molecule has 13 rings (SSSR count). The molecule has 20 heteroatoms. The topological polar surface area (TPSA) is 207 Å². The highest BCUT2D eigenvalue weighted by Crippen LogP contribution is 2.52. The van der Waals surface area contributed by atoms with E-state index in [-0.39, 0.29) is 71.3 Å². The Morgan fingerprint density at radius 2 is 1.45 bits per heavy atom. The van der Waals surface area contributed by atoms with Crippen molar-refractivity contribution in [2.24, 2.45) is 11.8 Å². The number of likely N-dealkylation sites (tertiary alicyclic amines) is 3. The van der Waals surface area contributed by atoms with Gasteiger partial charge in [-0.05, 0) is 140 Å². The largest absolute Gasteiger partial charge is 0.371 e. The third-order valence-electron chi connectivity index (χ3n) is 18.9. The maximum Gasteiger partial charge on any atom is 0.262 e. The standard InChI is InChI=1S/C60H67FN12O7/c1-35(2)71-34-63-48-32-47(65-53(52(48)71)64-46-12-19-62-33-45(46)61)38-6-9-44-50(28-38)72(41-29-40(30-41)67-20-4-3-5-21-67)59(80)60(44)17-26-70(27-18-60)56(77)37-15-24-69(25-16-37)55(76)36-13-22-68(23-14-36)39-7-8-42-43(31-39)58(79)73(57(42)78)49-10-11-51(74)66-54(49)75/h6-9,12,19,28,31-37,40-41,49H,3-5,10-11,13-18,20-27,29-30H2,1-2H3,(H,62,64,65)(H,66,74,75)/t40?,41?,49-/m1/s1. The summed E-state index contributed by atoms with van der Waals surface area (Å²) in [6, 6.07) is 14.4. The lowest BCUT2D eigenvalue weighted by Gasteiger charge is -2.48. The maximum atomic E-state index is 15.3. The molecular formula is C60H67FN12O7. The number of amides is 7. The van der Waals surface area contributed by atoms with Crippen molar-refractivity contribution >= 4 is 75.3 Å². The van der Waals surface area contributed by atoms with Crippen molar-refractivity contribution < 1.29 is 38.0 Å². The second-order valence-electron chi connectivity index (χ2n) is 23.7. The number of imidazole rings is 1. The van der Waals surface area contributed by atoms with Gasteiger partial charge in [-0.15, -0.1) is 0 Å². The minimum absolute atomic E-state index is 0.0502. The lowest BCUT2D eigenvalue weighted by atomic mass is 9.73. The van der Waals surface area contributed by atoms with Gasteiger partial charge in [-0.2, -0.15) is 0 Å². The molecule has 5 saturated heterocycles. The molecule has 2 aromatic carbocycles. The fourth-order valence-corrected chi connectivity index (χ4v) is 14.3. The first kappa shape index (κ1) is 51.8. The number of halogens is 1. The summed E-state index contributed by atoms with van der Waals surface area (Å²) in [6.07, 6.45) is 13.5. The van der Waals surface area contributed by atoms with Gasteiger partial charge in [0.15, 0.2) is 11.6 Å². The van der Waals surface area contributed by atoms with Crippen LogP contribution in [0.3, 0.4) is 0 Å². The molecule has 5 aromatic rings. The zero-order chi connectivity index (χ0) is 55.1. The Hall–Kier alpha value is -7.61. The predicted octanol–water partition coefficient (Wildman–Crippen LogP) is 6.74. The van der Waals surface area contributed by atoms with E-state index in [1.54, 1.807) is 30.6 Å². The quantitative estimate of drug-likeness (QED) is 0.139. The number of rotatable bonds is 10. The number of anilines is 4. The molecule has 0 radical (unpaired) electrons. The molecule has 416 valence electrons. The Labute approximate surface area is 463 Å². The molecule has 19 nitrogen and oxygen atoms in total. The first-order chi connectivity index (χ1) is 38.7. The van der Waals surface area contributed by atoms with Crippen molar-refractivity contribution in [2.45, 2.75) is 127 Å². The van der Waals surface area contributed by atoms with Gasteiger partial charge in [0, 0.05) is 98.8 Å². The van der Waals surface area contributed by atoms with Crippen molar-refractivity contribution in [3.8, 4) is 11.3 Å². The zero-order valence-electron chi connectivity index (χ0n) is 45.4. The Morgan fingerprint density at radius 1 is 0.750 bits per heavy atom. The number of hydrogen-bond acceptors (Lipinski definition) is 13. The summed E-state index contributed by atoms with van der Waals surface area (Å²) in [7, 11) is 0. The van der Waals surface area contributed by atoms with Crippen LogP contribution < -0.4 is 20.4 Å². The van der Waals surface area contributed by atoms with Crippen LogP contribution in [0.4, 0.5) is 27.3 Å². The number of fused-ring (bicyclic) bond motifs is 4. The highest BCUT2D eigenvalue weighted by Gasteiger charge is 2.56. The van der Waals surface area contributed by atoms with Crippen molar-refractivity contribution in [3.63, 3.8) is 0 Å². The third-order valence-corrected chi connectivity index (χ3v) is 18.9. The lowest BCUT2D eigenvalue weighted by molar-refractivity contribution is -0.144. The summed E-state index contributed by atoms with van der Waals surface area (Å²) >= 11 is 0. The molecule has 2 N–H and O–H groups in total. The van der Waals surface area contributed by atoms with Gasteiger partial charge in [0.2, 0.25) is 29.5 Å². The van der Waals surface area contributed by atoms with E-state index in [1.807, 2.05) is 26.5 Å². The average molecular weight is 1090 g/mol. The Balaban J connectivity index is 0.665. The van der Waals surface area contributed by atoms with Gasteiger partial charge in [-0.25, -0.2) is 14.4 Å². The SMILES string of the molecule is CC(C)n1cnc2cc(-c3ccc4c(c3)N(C3CC(N5CCCCC5)C3)C(=O)C43CCN(C(=O)C4CCN(C(=O)C5CCN(c6ccc7c(c6)C(=O)N([C@@H]6CCC(=O)NC6=O)C7=O)CC5)CC4)CC3)nc(Nc3ccncc3F)c21. The van der Waals surface area contributed by atoms with Crippen molar-refractivity contribution in [2.75, 3.05) is 67.5 Å². The molecule has 8 aliphatic rings. The van der Waals surface area contributed by atoms with Gasteiger partial charge >= 0.3 is 0 Å². The maximum absolute atomic E-state index is 15.3. The average Bonchev–Trinajstić information content (AvgIpc) is 4.04. The van der Waals surface area contributed by atoms with Gasteiger partial charge in [0.25, 0.3) is 11.8 Å². The first-order valence-corrected chi connectivity index (χ1v) is 28.9. The van der Waals surface area contributed by atoms with Crippen LogP contribution in [0, 0.1) is 17.7 Å². The van der Waals surface area contributed by atoms with Crippen LogP contribution in [0.5, 0.6) is 0 Å². The highest BCUT2D eigenvalue weighted by molar-refractivity contribution is 6.24. The number of imide groups is 2. The Bertz CT molecular complexity index is 3360. The van der Waals surface area contributed by atoms with E-state index in [4.69, 9.17) is 9.97 Å².